The Hall–Kier alpha value is -1.84. The predicted octanol–water partition coefficient (Wildman–Crippen LogP) is 0.918. The summed E-state index contributed by atoms with van der Waals surface area (Å²) in [6.07, 6.45) is 0.363. The van der Waals surface area contributed by atoms with Crippen LogP contribution in [-0.4, -0.2) is 47.8 Å². The van der Waals surface area contributed by atoms with Crippen molar-refractivity contribution >= 4 is 11.8 Å². The lowest BCUT2D eigenvalue weighted by atomic mass is 10.1. The Morgan fingerprint density at radius 3 is 2.61 bits per heavy atom. The third-order valence-corrected chi connectivity index (χ3v) is 3.40. The molecule has 1 fully saturated rings. The van der Waals surface area contributed by atoms with E-state index in [-0.39, 0.29) is 17.9 Å². The number of rotatable bonds is 2. The molecule has 4 heteroatoms. The molecule has 0 radical (unpaired) electrons. The first kappa shape index (κ1) is 12.6. The molecule has 1 aromatic rings. The molecule has 1 aliphatic rings. The minimum absolute atomic E-state index is 0.0164. The summed E-state index contributed by atoms with van der Waals surface area (Å²) in [6.45, 7) is 3.03. The fraction of sp³-hybridized carbons (Fsp3) is 0.429. The first-order valence-electron chi connectivity index (χ1n) is 6.18. The van der Waals surface area contributed by atoms with E-state index in [4.69, 9.17) is 0 Å². The molecule has 0 bridgehead atoms. The standard InChI is InChI=1S/C14H18N2O2/c1-11-14(18)15(2)8-9-16(11)13(17)10-12-6-4-3-5-7-12/h3-7,11H,8-10H2,1-2H3. The van der Waals surface area contributed by atoms with E-state index in [0.29, 0.717) is 19.5 Å². The van der Waals surface area contributed by atoms with Crippen LogP contribution in [0.3, 0.4) is 0 Å². The molecular weight excluding hydrogens is 228 g/mol. The average Bonchev–Trinajstić information content (AvgIpc) is 2.37. The molecule has 1 aromatic carbocycles. The van der Waals surface area contributed by atoms with E-state index in [0.717, 1.165) is 5.56 Å². The molecule has 2 amide bonds. The fourth-order valence-corrected chi connectivity index (χ4v) is 2.23. The molecule has 1 unspecified atom stereocenters. The Morgan fingerprint density at radius 1 is 1.28 bits per heavy atom. The molecule has 1 saturated heterocycles. The molecular formula is C14H18N2O2. The van der Waals surface area contributed by atoms with Gasteiger partial charge < -0.3 is 9.80 Å². The van der Waals surface area contributed by atoms with E-state index < -0.39 is 0 Å². The van der Waals surface area contributed by atoms with Gasteiger partial charge in [0.1, 0.15) is 6.04 Å². The molecule has 0 saturated carbocycles. The maximum Gasteiger partial charge on any atom is 0.244 e. The lowest BCUT2D eigenvalue weighted by Crippen LogP contribution is -2.56. The summed E-state index contributed by atoms with van der Waals surface area (Å²) in [5, 5.41) is 0. The van der Waals surface area contributed by atoms with E-state index in [1.54, 1.807) is 23.8 Å². The maximum absolute atomic E-state index is 12.2. The topological polar surface area (TPSA) is 40.6 Å². The van der Waals surface area contributed by atoms with E-state index in [2.05, 4.69) is 0 Å². The fourth-order valence-electron chi connectivity index (χ4n) is 2.23. The molecule has 18 heavy (non-hydrogen) atoms. The van der Waals surface area contributed by atoms with E-state index >= 15 is 0 Å². The van der Waals surface area contributed by atoms with Crippen LogP contribution in [0.15, 0.2) is 30.3 Å². The molecule has 1 heterocycles. The van der Waals surface area contributed by atoms with Crippen LogP contribution in [-0.2, 0) is 16.0 Å². The van der Waals surface area contributed by atoms with Crippen molar-refractivity contribution in [2.45, 2.75) is 19.4 Å². The highest BCUT2D eigenvalue weighted by atomic mass is 16.2. The lowest BCUT2D eigenvalue weighted by molar-refractivity contribution is -0.149. The van der Waals surface area contributed by atoms with Crippen molar-refractivity contribution in [3.63, 3.8) is 0 Å². The van der Waals surface area contributed by atoms with Gasteiger partial charge in [0.2, 0.25) is 11.8 Å². The van der Waals surface area contributed by atoms with E-state index in [1.807, 2.05) is 30.3 Å². The highest BCUT2D eigenvalue weighted by Crippen LogP contribution is 2.12. The van der Waals surface area contributed by atoms with Gasteiger partial charge in [-0.05, 0) is 12.5 Å². The number of likely N-dealkylation sites (N-methyl/N-ethyl adjacent to an activating group) is 1. The van der Waals surface area contributed by atoms with E-state index in [1.165, 1.54) is 0 Å². The van der Waals surface area contributed by atoms with Gasteiger partial charge in [-0.15, -0.1) is 0 Å². The van der Waals surface area contributed by atoms with Crippen LogP contribution < -0.4 is 0 Å². The zero-order chi connectivity index (χ0) is 13.1. The summed E-state index contributed by atoms with van der Waals surface area (Å²) in [6, 6.07) is 9.28. The first-order chi connectivity index (χ1) is 8.59. The summed E-state index contributed by atoms with van der Waals surface area (Å²) in [7, 11) is 1.78. The molecule has 0 spiro atoms. The van der Waals surface area contributed by atoms with Crippen LogP contribution in [0, 0.1) is 0 Å². The Labute approximate surface area is 107 Å². The maximum atomic E-state index is 12.2. The van der Waals surface area contributed by atoms with Crippen LogP contribution >= 0.6 is 0 Å². The van der Waals surface area contributed by atoms with Crippen LogP contribution in [0.1, 0.15) is 12.5 Å². The second-order valence-electron chi connectivity index (χ2n) is 4.69. The zero-order valence-corrected chi connectivity index (χ0v) is 10.8. The monoisotopic (exact) mass is 246 g/mol. The van der Waals surface area contributed by atoms with E-state index in [9.17, 15) is 9.59 Å². The molecule has 0 aliphatic carbocycles. The van der Waals surface area contributed by atoms with Crippen molar-refractivity contribution in [3.05, 3.63) is 35.9 Å². The Morgan fingerprint density at radius 2 is 1.94 bits per heavy atom. The third-order valence-electron chi connectivity index (χ3n) is 3.40. The predicted molar refractivity (Wildman–Crippen MR) is 69.0 cm³/mol. The Bertz CT molecular complexity index is 444. The lowest BCUT2D eigenvalue weighted by Gasteiger charge is -2.37. The van der Waals surface area contributed by atoms with Gasteiger partial charge in [-0.2, -0.15) is 0 Å². The summed E-state index contributed by atoms with van der Waals surface area (Å²) in [5.41, 5.74) is 0.987. The largest absolute Gasteiger partial charge is 0.342 e. The van der Waals surface area contributed by atoms with Crippen molar-refractivity contribution in [2.24, 2.45) is 0 Å². The number of carbonyl (C=O) groups excluding carboxylic acids is 2. The smallest absolute Gasteiger partial charge is 0.244 e. The molecule has 1 aliphatic heterocycles. The van der Waals surface area contributed by atoms with Gasteiger partial charge in [-0.1, -0.05) is 30.3 Å². The quantitative estimate of drug-likeness (QED) is 0.778. The average molecular weight is 246 g/mol. The van der Waals surface area contributed by atoms with Crippen molar-refractivity contribution in [1.82, 2.24) is 9.80 Å². The molecule has 2 rings (SSSR count). The number of amides is 2. The van der Waals surface area contributed by atoms with Gasteiger partial charge in [-0.3, -0.25) is 9.59 Å². The van der Waals surface area contributed by atoms with Crippen molar-refractivity contribution < 1.29 is 9.59 Å². The Kier molecular flexibility index (Phi) is 3.65. The molecule has 0 N–H and O–H groups in total. The van der Waals surface area contributed by atoms with Crippen molar-refractivity contribution in [2.75, 3.05) is 20.1 Å². The Balaban J connectivity index is 2.03. The summed E-state index contributed by atoms with van der Waals surface area (Å²) in [5.74, 6) is 0.0396. The van der Waals surface area contributed by atoms with Gasteiger partial charge >= 0.3 is 0 Å². The van der Waals surface area contributed by atoms with Gasteiger partial charge in [0.15, 0.2) is 0 Å². The minimum Gasteiger partial charge on any atom is -0.342 e. The second-order valence-corrected chi connectivity index (χ2v) is 4.69. The number of hydrogen-bond donors (Lipinski definition) is 0. The third kappa shape index (κ3) is 2.53. The molecule has 0 aromatic heterocycles. The number of hydrogen-bond acceptors (Lipinski definition) is 2. The molecule has 96 valence electrons. The highest BCUT2D eigenvalue weighted by Gasteiger charge is 2.32. The second kappa shape index (κ2) is 5.21. The highest BCUT2D eigenvalue weighted by molar-refractivity contribution is 5.89. The first-order valence-corrected chi connectivity index (χ1v) is 6.18. The van der Waals surface area contributed by atoms with Gasteiger partial charge in [-0.25, -0.2) is 0 Å². The minimum atomic E-state index is -0.347. The van der Waals surface area contributed by atoms with Crippen LogP contribution in [0.4, 0.5) is 0 Å². The van der Waals surface area contributed by atoms with Crippen LogP contribution in [0.25, 0.3) is 0 Å². The summed E-state index contributed by atoms with van der Waals surface area (Å²) in [4.78, 5) is 27.4. The summed E-state index contributed by atoms with van der Waals surface area (Å²) >= 11 is 0. The van der Waals surface area contributed by atoms with Gasteiger partial charge in [0.25, 0.3) is 0 Å². The normalized spacial score (nSPS) is 20.1. The van der Waals surface area contributed by atoms with Gasteiger partial charge in [0, 0.05) is 20.1 Å². The van der Waals surface area contributed by atoms with Crippen molar-refractivity contribution in [1.29, 1.82) is 0 Å². The van der Waals surface area contributed by atoms with Crippen molar-refractivity contribution in [3.8, 4) is 0 Å². The summed E-state index contributed by atoms with van der Waals surface area (Å²) < 4.78 is 0. The SMILES string of the molecule is CC1C(=O)N(C)CCN1C(=O)Cc1ccccc1. The van der Waals surface area contributed by atoms with Gasteiger partial charge in [0.05, 0.1) is 6.42 Å². The number of carbonyl (C=O) groups is 2. The number of benzene rings is 1. The molecule has 4 nitrogen and oxygen atoms in total. The zero-order valence-electron chi connectivity index (χ0n) is 10.8. The number of nitrogens with zero attached hydrogens (tertiary/aromatic N) is 2. The van der Waals surface area contributed by atoms with Crippen LogP contribution in [0.2, 0.25) is 0 Å². The van der Waals surface area contributed by atoms with Crippen LogP contribution in [0.5, 0.6) is 0 Å². The molecule has 1 atom stereocenters. The number of piperazine rings is 1.